The fraction of sp³-hybridized carbons (Fsp3) is 0.429. The Morgan fingerprint density at radius 3 is 3.00 bits per heavy atom. The third-order valence-electron chi connectivity index (χ3n) is 3.48. The van der Waals surface area contributed by atoms with Crippen LogP contribution in [0.3, 0.4) is 0 Å². The van der Waals surface area contributed by atoms with Crippen LogP contribution in [0, 0.1) is 5.92 Å². The average molecular weight is 311 g/mol. The summed E-state index contributed by atoms with van der Waals surface area (Å²) in [4.78, 5) is 15.3. The number of rotatable bonds is 6. The average Bonchev–Trinajstić information content (AvgIpc) is 3.16. The fourth-order valence-corrected chi connectivity index (χ4v) is 3.23. The molecule has 1 N–H and O–H groups in total. The van der Waals surface area contributed by atoms with E-state index in [-0.39, 0.29) is 5.75 Å². The molecule has 2 aromatic rings. The van der Waals surface area contributed by atoms with Gasteiger partial charge >= 0.3 is 5.97 Å². The first kappa shape index (κ1) is 13.8. The van der Waals surface area contributed by atoms with Crippen LogP contribution >= 0.6 is 23.4 Å². The molecular formula is C14H15ClN2O2S. The highest BCUT2D eigenvalue weighted by Gasteiger charge is 2.22. The van der Waals surface area contributed by atoms with E-state index in [1.165, 1.54) is 24.6 Å². The Hall–Kier alpha value is -1.20. The molecule has 6 heteroatoms. The molecular weight excluding hydrogens is 296 g/mol. The molecule has 1 aliphatic rings. The molecule has 1 heterocycles. The van der Waals surface area contributed by atoms with Crippen molar-refractivity contribution < 1.29 is 9.90 Å². The van der Waals surface area contributed by atoms with Gasteiger partial charge in [-0.15, -0.1) is 0 Å². The molecule has 1 fully saturated rings. The number of halogens is 1. The van der Waals surface area contributed by atoms with Crippen LogP contribution in [0.25, 0.3) is 11.0 Å². The summed E-state index contributed by atoms with van der Waals surface area (Å²) in [6, 6.07) is 5.71. The molecule has 0 bridgehead atoms. The van der Waals surface area contributed by atoms with Gasteiger partial charge in [0.15, 0.2) is 5.16 Å². The lowest BCUT2D eigenvalue weighted by Crippen LogP contribution is -2.04. The first-order chi connectivity index (χ1) is 9.65. The minimum atomic E-state index is -0.832. The van der Waals surface area contributed by atoms with E-state index in [1.54, 1.807) is 0 Å². The van der Waals surface area contributed by atoms with Crippen molar-refractivity contribution in [1.29, 1.82) is 0 Å². The quantitative estimate of drug-likeness (QED) is 0.827. The normalized spacial score (nSPS) is 14.8. The standard InChI is InChI=1S/C14H15ClN2O2S/c15-10-2-1-3-11-13(10)16-14(20-8-12(18)19)17(11)7-6-9-4-5-9/h1-3,9H,4-8H2,(H,18,19). The number of hydrogen-bond acceptors (Lipinski definition) is 3. The van der Waals surface area contributed by atoms with Crippen LogP contribution in [-0.4, -0.2) is 26.4 Å². The van der Waals surface area contributed by atoms with Gasteiger partial charge in [-0.05, 0) is 24.5 Å². The fourth-order valence-electron chi connectivity index (χ4n) is 2.26. The van der Waals surface area contributed by atoms with Crippen molar-refractivity contribution >= 4 is 40.4 Å². The number of carboxylic acids is 1. The number of nitrogens with zero attached hydrogens (tertiary/aromatic N) is 2. The van der Waals surface area contributed by atoms with Gasteiger partial charge in [0.05, 0.1) is 16.3 Å². The Morgan fingerprint density at radius 1 is 1.50 bits per heavy atom. The van der Waals surface area contributed by atoms with Crippen molar-refractivity contribution in [3.05, 3.63) is 23.2 Å². The smallest absolute Gasteiger partial charge is 0.313 e. The molecule has 1 aromatic heterocycles. The topological polar surface area (TPSA) is 55.1 Å². The van der Waals surface area contributed by atoms with Gasteiger partial charge < -0.3 is 9.67 Å². The monoisotopic (exact) mass is 310 g/mol. The molecule has 106 valence electrons. The maximum Gasteiger partial charge on any atom is 0.313 e. The summed E-state index contributed by atoms with van der Waals surface area (Å²) >= 11 is 7.43. The van der Waals surface area contributed by atoms with Gasteiger partial charge in [-0.2, -0.15) is 0 Å². The van der Waals surface area contributed by atoms with Crippen molar-refractivity contribution in [2.24, 2.45) is 5.92 Å². The van der Waals surface area contributed by atoms with Crippen LogP contribution in [0.2, 0.25) is 5.02 Å². The van der Waals surface area contributed by atoms with Gasteiger partial charge in [0, 0.05) is 6.54 Å². The van der Waals surface area contributed by atoms with Crippen LogP contribution in [0.5, 0.6) is 0 Å². The molecule has 1 aliphatic carbocycles. The molecule has 0 atom stereocenters. The number of para-hydroxylation sites is 1. The summed E-state index contributed by atoms with van der Waals surface area (Å²) in [6.45, 7) is 0.878. The van der Waals surface area contributed by atoms with Gasteiger partial charge in [0.2, 0.25) is 0 Å². The number of aliphatic carboxylic acids is 1. The number of aryl methyl sites for hydroxylation is 1. The number of fused-ring (bicyclic) bond motifs is 1. The van der Waals surface area contributed by atoms with Crippen molar-refractivity contribution in [3.63, 3.8) is 0 Å². The maximum atomic E-state index is 10.8. The minimum absolute atomic E-state index is 0.0182. The van der Waals surface area contributed by atoms with Crippen molar-refractivity contribution in [2.75, 3.05) is 5.75 Å². The Morgan fingerprint density at radius 2 is 2.30 bits per heavy atom. The van der Waals surface area contributed by atoms with Crippen LogP contribution in [0.4, 0.5) is 0 Å². The Kier molecular flexibility index (Phi) is 3.89. The lowest BCUT2D eigenvalue weighted by molar-refractivity contribution is -0.133. The molecule has 0 spiro atoms. The third-order valence-corrected chi connectivity index (χ3v) is 4.74. The van der Waals surface area contributed by atoms with Crippen LogP contribution in [-0.2, 0) is 11.3 Å². The zero-order chi connectivity index (χ0) is 14.1. The summed E-state index contributed by atoms with van der Waals surface area (Å²) in [5.41, 5.74) is 1.75. The largest absolute Gasteiger partial charge is 0.481 e. The Bertz CT molecular complexity index is 652. The highest BCUT2D eigenvalue weighted by atomic mass is 35.5. The Labute approximate surface area is 126 Å². The summed E-state index contributed by atoms with van der Waals surface area (Å²) in [5.74, 6) is 0.00976. The van der Waals surface area contributed by atoms with E-state index in [9.17, 15) is 4.79 Å². The number of carbonyl (C=O) groups is 1. The van der Waals surface area contributed by atoms with E-state index < -0.39 is 5.97 Å². The first-order valence-electron chi connectivity index (χ1n) is 6.64. The predicted octanol–water partition coefficient (Wildman–Crippen LogP) is 3.67. The number of hydrogen-bond donors (Lipinski definition) is 1. The molecule has 0 unspecified atom stereocenters. The molecule has 0 saturated heterocycles. The molecule has 1 saturated carbocycles. The van der Waals surface area contributed by atoms with Gasteiger partial charge in [0.1, 0.15) is 5.52 Å². The number of imidazole rings is 1. The third kappa shape index (κ3) is 2.94. The summed E-state index contributed by atoms with van der Waals surface area (Å²) in [6.07, 6.45) is 3.74. The van der Waals surface area contributed by atoms with Crippen LogP contribution < -0.4 is 0 Å². The lowest BCUT2D eigenvalue weighted by Gasteiger charge is -2.07. The highest BCUT2D eigenvalue weighted by molar-refractivity contribution is 7.99. The van der Waals surface area contributed by atoms with Gasteiger partial charge in [-0.3, -0.25) is 4.79 Å². The minimum Gasteiger partial charge on any atom is -0.481 e. The van der Waals surface area contributed by atoms with Crippen molar-refractivity contribution in [2.45, 2.75) is 31.0 Å². The van der Waals surface area contributed by atoms with E-state index in [0.717, 1.165) is 35.1 Å². The second-order valence-electron chi connectivity index (χ2n) is 5.07. The van der Waals surface area contributed by atoms with Gasteiger partial charge in [-0.1, -0.05) is 42.3 Å². The van der Waals surface area contributed by atoms with Crippen molar-refractivity contribution in [3.8, 4) is 0 Å². The van der Waals surface area contributed by atoms with E-state index in [1.807, 2.05) is 18.2 Å². The molecule has 0 radical (unpaired) electrons. The maximum absolute atomic E-state index is 10.8. The molecule has 3 rings (SSSR count). The molecule has 1 aromatic carbocycles. The Balaban J connectivity index is 1.94. The highest BCUT2D eigenvalue weighted by Crippen LogP contribution is 2.35. The van der Waals surface area contributed by atoms with E-state index in [0.29, 0.717) is 5.02 Å². The summed E-state index contributed by atoms with van der Waals surface area (Å²) < 4.78 is 2.10. The first-order valence-corrected chi connectivity index (χ1v) is 8.01. The SMILES string of the molecule is O=C(O)CSc1nc2c(Cl)cccc2n1CCC1CC1. The number of carboxylic acid groups (broad SMARTS) is 1. The molecule has 20 heavy (non-hydrogen) atoms. The van der Waals surface area contributed by atoms with E-state index >= 15 is 0 Å². The second kappa shape index (κ2) is 5.66. The van der Waals surface area contributed by atoms with Crippen molar-refractivity contribution in [1.82, 2.24) is 9.55 Å². The number of benzene rings is 1. The molecule has 0 amide bonds. The molecule has 4 nitrogen and oxygen atoms in total. The lowest BCUT2D eigenvalue weighted by atomic mass is 10.3. The zero-order valence-corrected chi connectivity index (χ0v) is 12.5. The summed E-state index contributed by atoms with van der Waals surface area (Å²) in [5, 5.41) is 10.2. The number of aromatic nitrogens is 2. The zero-order valence-electron chi connectivity index (χ0n) is 10.9. The van der Waals surface area contributed by atoms with Gasteiger partial charge in [0.25, 0.3) is 0 Å². The summed E-state index contributed by atoms with van der Waals surface area (Å²) in [7, 11) is 0. The molecule has 0 aliphatic heterocycles. The van der Waals surface area contributed by atoms with E-state index in [4.69, 9.17) is 16.7 Å². The van der Waals surface area contributed by atoms with E-state index in [2.05, 4.69) is 9.55 Å². The predicted molar refractivity (Wildman–Crippen MR) is 80.4 cm³/mol. The van der Waals surface area contributed by atoms with Crippen LogP contribution in [0.15, 0.2) is 23.4 Å². The number of thioether (sulfide) groups is 1. The van der Waals surface area contributed by atoms with Gasteiger partial charge in [-0.25, -0.2) is 4.98 Å². The second-order valence-corrected chi connectivity index (χ2v) is 6.42. The van der Waals surface area contributed by atoms with Crippen LogP contribution in [0.1, 0.15) is 19.3 Å².